The van der Waals surface area contributed by atoms with Gasteiger partial charge in [0.15, 0.2) is 5.88 Å². The molecule has 0 amide bonds. The van der Waals surface area contributed by atoms with Gasteiger partial charge in [0.05, 0.1) is 0 Å². The first-order chi connectivity index (χ1) is 8.22. The van der Waals surface area contributed by atoms with Crippen LogP contribution in [0, 0.1) is 0 Å². The number of aryl methyl sites for hydroxylation is 1. The molecule has 1 N–H and O–H groups in total. The molecular formula is C14H21NOSi. The smallest absolute Gasteiger partial charge is 0.231 e. The van der Waals surface area contributed by atoms with E-state index in [0.29, 0.717) is 0 Å². The molecule has 1 heterocycles. The Hall–Kier alpha value is -1.22. The lowest BCUT2D eigenvalue weighted by atomic mass is 10.1. The summed E-state index contributed by atoms with van der Waals surface area (Å²) < 4.78 is 6.01. The van der Waals surface area contributed by atoms with E-state index in [-0.39, 0.29) is 0 Å². The van der Waals surface area contributed by atoms with Crippen LogP contribution in [0.3, 0.4) is 0 Å². The predicted octanol–water partition coefficient (Wildman–Crippen LogP) is 3.87. The number of hydrogen-bond acceptors (Lipinski definition) is 1. The molecule has 92 valence electrons. The van der Waals surface area contributed by atoms with Crippen molar-refractivity contribution in [2.24, 2.45) is 0 Å². The van der Waals surface area contributed by atoms with Gasteiger partial charge in [-0.3, -0.25) is 0 Å². The first-order valence-electron chi connectivity index (χ1n) is 6.48. The van der Waals surface area contributed by atoms with E-state index in [1.807, 2.05) is 0 Å². The van der Waals surface area contributed by atoms with Crippen LogP contribution < -0.4 is 4.43 Å². The second-order valence-corrected chi connectivity index (χ2v) is 7.08. The average Bonchev–Trinajstić information content (AvgIpc) is 2.63. The van der Waals surface area contributed by atoms with Gasteiger partial charge in [-0.15, -0.1) is 0 Å². The van der Waals surface area contributed by atoms with E-state index in [0.717, 1.165) is 12.3 Å². The number of benzene rings is 1. The quantitative estimate of drug-likeness (QED) is 0.797. The number of fused-ring (bicyclic) bond motifs is 1. The van der Waals surface area contributed by atoms with Gasteiger partial charge in [0.25, 0.3) is 0 Å². The molecule has 0 aliphatic heterocycles. The molecule has 0 radical (unpaired) electrons. The van der Waals surface area contributed by atoms with Gasteiger partial charge in [-0.2, -0.15) is 0 Å². The monoisotopic (exact) mass is 247 g/mol. The minimum absolute atomic E-state index is 1.02. The van der Waals surface area contributed by atoms with Crippen LogP contribution in [-0.4, -0.2) is 14.0 Å². The summed E-state index contributed by atoms with van der Waals surface area (Å²) in [6.45, 7) is 6.64. The first kappa shape index (κ1) is 12.2. The number of hydrogen-bond donors (Lipinski definition) is 1. The molecular weight excluding hydrogens is 226 g/mol. The van der Waals surface area contributed by atoms with Crippen molar-refractivity contribution < 1.29 is 4.43 Å². The van der Waals surface area contributed by atoms with E-state index in [9.17, 15) is 0 Å². The summed E-state index contributed by atoms with van der Waals surface area (Å²) in [4.78, 5) is 3.42. The van der Waals surface area contributed by atoms with Crippen molar-refractivity contribution in [2.45, 2.75) is 39.3 Å². The number of para-hydroxylation sites is 1. The molecule has 0 saturated heterocycles. The van der Waals surface area contributed by atoms with Gasteiger partial charge in [-0.25, -0.2) is 0 Å². The second-order valence-electron chi connectivity index (χ2n) is 4.75. The van der Waals surface area contributed by atoms with Gasteiger partial charge < -0.3 is 9.41 Å². The van der Waals surface area contributed by atoms with Crippen molar-refractivity contribution in [2.75, 3.05) is 0 Å². The molecule has 0 unspecified atom stereocenters. The topological polar surface area (TPSA) is 25.0 Å². The number of rotatable bonds is 5. The van der Waals surface area contributed by atoms with E-state index in [1.54, 1.807) is 0 Å². The van der Waals surface area contributed by atoms with Crippen LogP contribution in [0.4, 0.5) is 0 Å². The fourth-order valence-electron chi connectivity index (χ4n) is 2.11. The zero-order chi connectivity index (χ0) is 12.3. The number of unbranched alkanes of at least 4 members (excludes halogenated alkanes) is 1. The molecule has 1 aromatic heterocycles. The number of nitrogens with one attached hydrogen (secondary N) is 1. The van der Waals surface area contributed by atoms with Gasteiger partial charge in [0, 0.05) is 16.5 Å². The molecule has 0 bridgehead atoms. The molecule has 1 aromatic carbocycles. The van der Waals surface area contributed by atoms with Crippen molar-refractivity contribution in [3.05, 3.63) is 29.8 Å². The molecule has 0 aliphatic carbocycles. The predicted molar refractivity (Wildman–Crippen MR) is 76.4 cm³/mol. The molecule has 2 nitrogen and oxygen atoms in total. The maximum Gasteiger partial charge on any atom is 0.231 e. The molecule has 17 heavy (non-hydrogen) atoms. The summed E-state index contributed by atoms with van der Waals surface area (Å²) in [7, 11) is -1.05. The lowest BCUT2D eigenvalue weighted by Gasteiger charge is -2.09. The highest BCUT2D eigenvalue weighted by Gasteiger charge is 2.12. The van der Waals surface area contributed by atoms with Crippen LogP contribution in [0.1, 0.15) is 25.3 Å². The Bertz CT molecular complexity index is 490. The highest BCUT2D eigenvalue weighted by atomic mass is 28.3. The molecule has 0 spiro atoms. The maximum atomic E-state index is 6.01. The third-order valence-electron chi connectivity index (χ3n) is 2.91. The van der Waals surface area contributed by atoms with Gasteiger partial charge in [-0.05, 0) is 32.0 Å². The van der Waals surface area contributed by atoms with Crippen LogP contribution in [0.15, 0.2) is 24.3 Å². The molecule has 0 fully saturated rings. The van der Waals surface area contributed by atoms with Gasteiger partial charge >= 0.3 is 0 Å². The van der Waals surface area contributed by atoms with Gasteiger partial charge in [-0.1, -0.05) is 31.5 Å². The Morgan fingerprint density at radius 1 is 1.24 bits per heavy atom. The van der Waals surface area contributed by atoms with Crippen molar-refractivity contribution in [1.82, 2.24) is 4.98 Å². The lowest BCUT2D eigenvalue weighted by molar-refractivity contribution is 0.551. The third kappa shape index (κ3) is 2.72. The Morgan fingerprint density at radius 3 is 2.71 bits per heavy atom. The maximum absolute atomic E-state index is 6.01. The molecule has 2 rings (SSSR count). The molecule has 2 aromatic rings. The summed E-state index contributed by atoms with van der Waals surface area (Å²) >= 11 is 0. The Balaban J connectivity index is 2.41. The highest BCUT2D eigenvalue weighted by Crippen LogP contribution is 2.29. The third-order valence-corrected chi connectivity index (χ3v) is 3.62. The zero-order valence-electron chi connectivity index (χ0n) is 10.9. The SMILES string of the molecule is CCCCc1c(O[SiH](C)C)[nH]c2ccccc12. The summed E-state index contributed by atoms with van der Waals surface area (Å²) in [6.07, 6.45) is 3.55. The van der Waals surface area contributed by atoms with Crippen LogP contribution in [-0.2, 0) is 6.42 Å². The largest absolute Gasteiger partial charge is 0.535 e. The number of aromatic amines is 1. The minimum atomic E-state index is -1.05. The summed E-state index contributed by atoms with van der Waals surface area (Å²) in [5, 5.41) is 1.32. The van der Waals surface area contributed by atoms with Crippen LogP contribution in [0.5, 0.6) is 5.88 Å². The fourth-order valence-corrected chi connectivity index (χ4v) is 2.79. The van der Waals surface area contributed by atoms with Crippen LogP contribution >= 0.6 is 0 Å². The molecule has 0 saturated carbocycles. The van der Waals surface area contributed by atoms with E-state index >= 15 is 0 Å². The van der Waals surface area contributed by atoms with Crippen molar-refractivity contribution in [3.63, 3.8) is 0 Å². The van der Waals surface area contributed by atoms with Gasteiger partial charge in [0.2, 0.25) is 9.04 Å². The fraction of sp³-hybridized carbons (Fsp3) is 0.429. The van der Waals surface area contributed by atoms with Crippen molar-refractivity contribution in [3.8, 4) is 5.88 Å². The number of aromatic nitrogens is 1. The Kier molecular flexibility index (Phi) is 3.89. The second kappa shape index (κ2) is 5.41. The average molecular weight is 247 g/mol. The normalized spacial score (nSPS) is 11.3. The summed E-state index contributed by atoms with van der Waals surface area (Å²) in [6, 6.07) is 8.48. The number of H-pyrrole nitrogens is 1. The van der Waals surface area contributed by atoms with E-state index in [4.69, 9.17) is 4.43 Å². The molecule has 3 heteroatoms. The minimum Gasteiger partial charge on any atom is -0.535 e. The first-order valence-corrected chi connectivity index (χ1v) is 9.26. The molecule has 0 atom stereocenters. The van der Waals surface area contributed by atoms with E-state index in [2.05, 4.69) is 49.3 Å². The highest BCUT2D eigenvalue weighted by molar-refractivity contribution is 6.49. The van der Waals surface area contributed by atoms with E-state index in [1.165, 1.54) is 29.3 Å². The summed E-state index contributed by atoms with van der Waals surface area (Å²) in [5.74, 6) is 1.02. The van der Waals surface area contributed by atoms with Gasteiger partial charge in [0.1, 0.15) is 0 Å². The molecule has 0 aliphatic rings. The van der Waals surface area contributed by atoms with Crippen molar-refractivity contribution >= 4 is 19.9 Å². The lowest BCUT2D eigenvalue weighted by Crippen LogP contribution is -2.12. The van der Waals surface area contributed by atoms with Crippen molar-refractivity contribution in [1.29, 1.82) is 0 Å². The van der Waals surface area contributed by atoms with Crippen LogP contribution in [0.25, 0.3) is 10.9 Å². The van der Waals surface area contributed by atoms with E-state index < -0.39 is 9.04 Å². The Labute approximate surface area is 105 Å². The zero-order valence-corrected chi connectivity index (χ0v) is 12.1. The standard InChI is InChI=1S/C14H21NOSi/c1-4-5-8-12-11-9-6-7-10-13(11)15-14(12)16-17(2)3/h6-7,9-10,15,17H,4-5,8H2,1-3H3. The summed E-state index contributed by atoms with van der Waals surface area (Å²) in [5.41, 5.74) is 2.56. The Morgan fingerprint density at radius 2 is 2.00 bits per heavy atom. The van der Waals surface area contributed by atoms with Crippen LogP contribution in [0.2, 0.25) is 13.1 Å².